The zero-order chi connectivity index (χ0) is 30.0. The third-order valence-corrected chi connectivity index (χ3v) is 6.55. The highest BCUT2D eigenvalue weighted by Crippen LogP contribution is 2.36. The number of hydrogen-bond acceptors (Lipinski definition) is 5. The number of halogens is 6. The molecule has 0 spiro atoms. The first-order valence-electron chi connectivity index (χ1n) is 12.1. The van der Waals surface area contributed by atoms with Crippen LogP contribution in [0.3, 0.4) is 0 Å². The van der Waals surface area contributed by atoms with Gasteiger partial charge in [-0.25, -0.2) is 17.6 Å². The third kappa shape index (κ3) is 6.15. The largest absolute Gasteiger partial charge is 0.497 e. The molecule has 0 aliphatic carbocycles. The third-order valence-electron chi connectivity index (χ3n) is 6.55. The summed E-state index contributed by atoms with van der Waals surface area (Å²) in [5.41, 5.74) is -1.67. The fourth-order valence-corrected chi connectivity index (χ4v) is 4.67. The number of anilines is 1. The zero-order valence-corrected chi connectivity index (χ0v) is 21.5. The van der Waals surface area contributed by atoms with E-state index in [2.05, 4.69) is 10.1 Å². The summed E-state index contributed by atoms with van der Waals surface area (Å²) in [6.45, 7) is -3.08. The zero-order valence-electron chi connectivity index (χ0n) is 21.5. The molecule has 1 saturated heterocycles. The van der Waals surface area contributed by atoms with Gasteiger partial charge < -0.3 is 24.3 Å². The SMILES string of the molecule is COc1cc(F)c([C@@H]2CN(c3c(C)ccn(CC(F)F)c3=O)C(=O)[C@H]2NC(=O)c2ccc(OC(F)F)cc2)c(F)c1. The van der Waals surface area contributed by atoms with Gasteiger partial charge in [0, 0.05) is 41.9 Å². The monoisotopic (exact) mass is 583 g/mol. The van der Waals surface area contributed by atoms with Gasteiger partial charge in [-0.15, -0.1) is 0 Å². The molecule has 8 nitrogen and oxygen atoms in total. The van der Waals surface area contributed by atoms with Crippen molar-refractivity contribution in [1.29, 1.82) is 0 Å². The predicted molar refractivity (Wildman–Crippen MR) is 134 cm³/mol. The van der Waals surface area contributed by atoms with E-state index < -0.39 is 72.7 Å². The highest BCUT2D eigenvalue weighted by atomic mass is 19.3. The van der Waals surface area contributed by atoms with Crippen molar-refractivity contribution in [1.82, 2.24) is 9.88 Å². The van der Waals surface area contributed by atoms with Crippen LogP contribution < -0.4 is 25.2 Å². The first-order valence-corrected chi connectivity index (χ1v) is 12.1. The fourth-order valence-electron chi connectivity index (χ4n) is 4.67. The number of aromatic nitrogens is 1. The fraction of sp³-hybridized carbons (Fsp3) is 0.296. The number of amides is 2. The van der Waals surface area contributed by atoms with Gasteiger partial charge in [0.2, 0.25) is 5.91 Å². The summed E-state index contributed by atoms with van der Waals surface area (Å²) in [5.74, 6) is -5.76. The summed E-state index contributed by atoms with van der Waals surface area (Å²) >= 11 is 0. The van der Waals surface area contributed by atoms with Gasteiger partial charge in [0.05, 0.1) is 13.7 Å². The van der Waals surface area contributed by atoms with Crippen LogP contribution in [0.1, 0.15) is 27.4 Å². The highest BCUT2D eigenvalue weighted by Gasteiger charge is 2.46. The van der Waals surface area contributed by atoms with Gasteiger partial charge in [0.25, 0.3) is 17.9 Å². The molecule has 218 valence electrons. The molecule has 41 heavy (non-hydrogen) atoms. The lowest BCUT2D eigenvalue weighted by Gasteiger charge is -2.20. The number of alkyl halides is 4. The minimum Gasteiger partial charge on any atom is -0.497 e. The number of aryl methyl sites for hydroxylation is 1. The van der Waals surface area contributed by atoms with E-state index in [0.29, 0.717) is 4.57 Å². The average molecular weight is 583 g/mol. The lowest BCUT2D eigenvalue weighted by molar-refractivity contribution is -0.118. The number of nitrogens with zero attached hydrogens (tertiary/aromatic N) is 2. The van der Waals surface area contributed by atoms with Crippen molar-refractivity contribution >= 4 is 17.5 Å². The number of hydrogen-bond donors (Lipinski definition) is 1. The van der Waals surface area contributed by atoms with Crippen LogP contribution in [0.15, 0.2) is 53.5 Å². The molecule has 0 saturated carbocycles. The average Bonchev–Trinajstić information content (AvgIpc) is 3.20. The number of carbonyl (C=O) groups excluding carboxylic acids is 2. The molecule has 14 heteroatoms. The van der Waals surface area contributed by atoms with Crippen molar-refractivity contribution in [2.45, 2.75) is 38.5 Å². The molecule has 2 heterocycles. The molecule has 0 unspecified atom stereocenters. The van der Waals surface area contributed by atoms with E-state index in [0.717, 1.165) is 47.5 Å². The topological polar surface area (TPSA) is 89.9 Å². The van der Waals surface area contributed by atoms with Crippen molar-refractivity contribution in [3.8, 4) is 11.5 Å². The Kier molecular flexibility index (Phi) is 8.59. The Morgan fingerprint density at radius 3 is 2.22 bits per heavy atom. The minimum absolute atomic E-state index is 0.0949. The quantitative estimate of drug-likeness (QED) is 0.381. The summed E-state index contributed by atoms with van der Waals surface area (Å²) in [6, 6.07) is 5.94. The molecule has 1 N–H and O–H groups in total. The van der Waals surface area contributed by atoms with Crippen LogP contribution >= 0.6 is 0 Å². The summed E-state index contributed by atoms with van der Waals surface area (Å²) in [5, 5.41) is 2.41. The number of carbonyl (C=O) groups is 2. The van der Waals surface area contributed by atoms with E-state index >= 15 is 8.78 Å². The van der Waals surface area contributed by atoms with Gasteiger partial charge in [-0.2, -0.15) is 8.78 Å². The van der Waals surface area contributed by atoms with Gasteiger partial charge in [0.1, 0.15) is 34.9 Å². The van der Waals surface area contributed by atoms with Crippen LogP contribution in [0, 0.1) is 18.6 Å². The molecule has 2 amide bonds. The molecule has 2 aromatic carbocycles. The van der Waals surface area contributed by atoms with E-state index in [1.165, 1.54) is 20.1 Å². The van der Waals surface area contributed by atoms with Gasteiger partial charge in [0.15, 0.2) is 0 Å². The Balaban J connectivity index is 1.75. The number of pyridine rings is 1. The molecule has 2 atom stereocenters. The van der Waals surface area contributed by atoms with Gasteiger partial charge in [-0.3, -0.25) is 14.4 Å². The van der Waals surface area contributed by atoms with Crippen molar-refractivity contribution in [2.75, 3.05) is 18.6 Å². The van der Waals surface area contributed by atoms with Crippen LogP contribution in [0.5, 0.6) is 11.5 Å². The second-order valence-corrected chi connectivity index (χ2v) is 9.11. The number of methoxy groups -OCH3 is 1. The van der Waals surface area contributed by atoms with Crippen molar-refractivity contribution in [2.24, 2.45) is 0 Å². The molecular weight excluding hydrogens is 560 g/mol. The van der Waals surface area contributed by atoms with E-state index in [9.17, 15) is 31.9 Å². The van der Waals surface area contributed by atoms with Gasteiger partial charge >= 0.3 is 6.61 Å². The maximum atomic E-state index is 15.2. The van der Waals surface area contributed by atoms with Crippen molar-refractivity contribution in [3.63, 3.8) is 0 Å². The van der Waals surface area contributed by atoms with Crippen LogP contribution in [-0.4, -0.2) is 49.1 Å². The Bertz CT molecular complexity index is 1490. The maximum absolute atomic E-state index is 15.2. The molecule has 1 fully saturated rings. The summed E-state index contributed by atoms with van der Waals surface area (Å²) in [4.78, 5) is 40.7. The molecule has 1 aromatic heterocycles. The second-order valence-electron chi connectivity index (χ2n) is 9.11. The maximum Gasteiger partial charge on any atom is 0.387 e. The smallest absolute Gasteiger partial charge is 0.387 e. The first-order chi connectivity index (χ1) is 19.4. The standard InChI is InChI=1S/C27H23F6N3O5/c1-13-7-8-35(12-20(30)31)26(39)23(13)36-11-17(21-18(28)9-16(40-2)10-19(21)29)22(25(36)38)34-24(37)14-3-5-15(6-4-14)41-27(32)33/h3-10,17,20,22,27H,11-12H2,1-2H3,(H,34,37)/t17-,22-/m0/s1. The van der Waals surface area contributed by atoms with E-state index in [4.69, 9.17) is 4.74 Å². The van der Waals surface area contributed by atoms with Crippen molar-refractivity contribution in [3.05, 3.63) is 87.3 Å². The number of benzene rings is 2. The molecule has 1 aliphatic heterocycles. The van der Waals surface area contributed by atoms with E-state index in [1.54, 1.807) is 0 Å². The highest BCUT2D eigenvalue weighted by molar-refractivity contribution is 6.05. The van der Waals surface area contributed by atoms with Crippen LogP contribution in [0.2, 0.25) is 0 Å². The van der Waals surface area contributed by atoms with Crippen LogP contribution in [0.4, 0.5) is 32.0 Å². The Hall–Kier alpha value is -4.49. The van der Waals surface area contributed by atoms with Gasteiger partial charge in [-0.1, -0.05) is 0 Å². The van der Waals surface area contributed by atoms with E-state index in [-0.39, 0.29) is 28.3 Å². The Labute approximate surface area is 229 Å². The van der Waals surface area contributed by atoms with Crippen LogP contribution in [0.25, 0.3) is 0 Å². The van der Waals surface area contributed by atoms with Crippen LogP contribution in [-0.2, 0) is 11.3 Å². The number of nitrogens with one attached hydrogen (secondary N) is 1. The van der Waals surface area contributed by atoms with Crippen molar-refractivity contribution < 1.29 is 45.4 Å². The lowest BCUT2D eigenvalue weighted by atomic mass is 9.92. The summed E-state index contributed by atoms with van der Waals surface area (Å²) < 4.78 is 91.2. The lowest BCUT2D eigenvalue weighted by Crippen LogP contribution is -2.45. The normalized spacial score (nSPS) is 16.9. The molecular formula is C27H23F6N3O5. The summed E-state index contributed by atoms with van der Waals surface area (Å²) in [7, 11) is 1.19. The molecule has 0 bridgehead atoms. The molecule has 0 radical (unpaired) electrons. The number of rotatable bonds is 9. The van der Waals surface area contributed by atoms with Gasteiger partial charge in [-0.05, 0) is 42.8 Å². The Morgan fingerprint density at radius 2 is 1.66 bits per heavy atom. The van der Waals surface area contributed by atoms with E-state index in [1.807, 2.05) is 0 Å². The molecule has 4 rings (SSSR count). The molecule has 1 aliphatic rings. The second kappa shape index (κ2) is 11.9. The number of ether oxygens (including phenoxy) is 2. The minimum atomic E-state index is -3.10. The summed E-state index contributed by atoms with van der Waals surface area (Å²) in [6.07, 6.45) is -1.74. The predicted octanol–water partition coefficient (Wildman–Crippen LogP) is 4.24. The molecule has 3 aromatic rings. The first kappa shape index (κ1) is 29.5. The Morgan fingerprint density at radius 1 is 1.02 bits per heavy atom.